The quantitative estimate of drug-likeness (QED) is 0.644. The van der Waals surface area contributed by atoms with Gasteiger partial charge in [0.2, 0.25) is 0 Å². The summed E-state index contributed by atoms with van der Waals surface area (Å²) in [5.74, 6) is -0.00135. The lowest BCUT2D eigenvalue weighted by atomic mass is 10.1. The fraction of sp³-hybridized carbons (Fsp3) is 0.833. The van der Waals surface area contributed by atoms with Crippen LogP contribution in [0.1, 0.15) is 20.8 Å². The highest BCUT2D eigenvalue weighted by atomic mass is 79.9. The fourth-order valence-corrected chi connectivity index (χ4v) is 0.806. The Balaban J connectivity index is 4.04. The summed E-state index contributed by atoms with van der Waals surface area (Å²) in [5.41, 5.74) is 0. The van der Waals surface area contributed by atoms with E-state index in [0.29, 0.717) is 0 Å². The molecule has 0 aromatic rings. The van der Waals surface area contributed by atoms with Crippen molar-refractivity contribution in [3.05, 3.63) is 0 Å². The van der Waals surface area contributed by atoms with Gasteiger partial charge in [0.15, 0.2) is 0 Å². The Hall–Kier alpha value is 0.440. The van der Waals surface area contributed by atoms with Crippen molar-refractivity contribution in [2.24, 2.45) is 0 Å². The van der Waals surface area contributed by atoms with Crippen LogP contribution in [-0.4, -0.2) is 15.5 Å². The van der Waals surface area contributed by atoms with Gasteiger partial charge in [0.1, 0.15) is 11.2 Å². The molecule has 1 nitrogen and oxygen atoms in total. The Labute approximate surface area is 68.9 Å². The summed E-state index contributed by atoms with van der Waals surface area (Å²) in [5, 5.41) is -0.433. The molecular weight excluding hydrogens is 203 g/mol. The van der Waals surface area contributed by atoms with Gasteiger partial charge in [0, 0.05) is 4.32 Å². The van der Waals surface area contributed by atoms with E-state index in [0.717, 1.165) is 0 Å². The van der Waals surface area contributed by atoms with Crippen LogP contribution in [0.3, 0.4) is 0 Å². The molecule has 0 aliphatic rings. The molecule has 0 fully saturated rings. The van der Waals surface area contributed by atoms with Gasteiger partial charge in [-0.05, 0) is 20.8 Å². The zero-order valence-electron chi connectivity index (χ0n) is 5.74. The van der Waals surface area contributed by atoms with E-state index in [1.165, 1.54) is 6.92 Å². The van der Waals surface area contributed by atoms with Gasteiger partial charge in [0.25, 0.3) is 0 Å². The second-order valence-corrected chi connectivity index (χ2v) is 5.02. The highest BCUT2D eigenvalue weighted by molar-refractivity contribution is 9.10. The lowest BCUT2D eigenvalue weighted by Crippen LogP contribution is -2.30. The van der Waals surface area contributed by atoms with Crippen molar-refractivity contribution in [2.45, 2.75) is 30.5 Å². The van der Waals surface area contributed by atoms with Crippen LogP contribution in [0.5, 0.6) is 0 Å². The smallest absolute Gasteiger partial charge is 0.149 e. The van der Waals surface area contributed by atoms with E-state index in [9.17, 15) is 4.79 Å². The van der Waals surface area contributed by atoms with Gasteiger partial charge < -0.3 is 0 Å². The summed E-state index contributed by atoms with van der Waals surface area (Å²) in [6, 6.07) is 0. The predicted molar refractivity (Wildman–Crippen MR) is 43.3 cm³/mol. The molecule has 0 aliphatic heterocycles. The van der Waals surface area contributed by atoms with Crippen LogP contribution in [0.2, 0.25) is 0 Å². The third-order valence-electron chi connectivity index (χ3n) is 0.960. The van der Waals surface area contributed by atoms with E-state index < -0.39 is 5.38 Å². The van der Waals surface area contributed by atoms with Gasteiger partial charge in [-0.3, -0.25) is 4.79 Å². The number of halogens is 2. The van der Waals surface area contributed by atoms with Gasteiger partial charge in [-0.15, -0.1) is 11.6 Å². The van der Waals surface area contributed by atoms with Crippen LogP contribution in [0.15, 0.2) is 0 Å². The monoisotopic (exact) mass is 212 g/mol. The average molecular weight is 214 g/mol. The molecule has 0 aromatic carbocycles. The summed E-state index contributed by atoms with van der Waals surface area (Å²) >= 11 is 8.99. The van der Waals surface area contributed by atoms with Gasteiger partial charge in [-0.1, -0.05) is 15.9 Å². The van der Waals surface area contributed by atoms with Crippen molar-refractivity contribution in [1.29, 1.82) is 0 Å². The minimum absolute atomic E-state index is 0.00135. The Morgan fingerprint density at radius 1 is 1.67 bits per heavy atom. The molecule has 0 N–H and O–H groups in total. The largest absolute Gasteiger partial charge is 0.298 e. The topological polar surface area (TPSA) is 17.1 Å². The second kappa shape index (κ2) is 3.02. The number of carbonyl (C=O) groups excluding carboxylic acids is 1. The van der Waals surface area contributed by atoms with E-state index in [1.807, 2.05) is 13.8 Å². The SMILES string of the molecule is CC(=O)C(Cl)C(C)(C)Br. The summed E-state index contributed by atoms with van der Waals surface area (Å²) < 4.78 is -0.291. The maximum Gasteiger partial charge on any atom is 0.149 e. The summed E-state index contributed by atoms with van der Waals surface area (Å²) in [6.45, 7) is 5.22. The summed E-state index contributed by atoms with van der Waals surface area (Å²) in [6.07, 6.45) is 0. The number of alkyl halides is 2. The summed E-state index contributed by atoms with van der Waals surface area (Å²) in [7, 11) is 0. The highest BCUT2D eigenvalue weighted by Crippen LogP contribution is 2.25. The minimum Gasteiger partial charge on any atom is -0.298 e. The predicted octanol–water partition coefficient (Wildman–Crippen LogP) is 2.36. The molecule has 0 amide bonds. The zero-order valence-corrected chi connectivity index (χ0v) is 8.08. The van der Waals surface area contributed by atoms with Crippen molar-refractivity contribution >= 4 is 33.3 Å². The first-order chi connectivity index (χ1) is 3.85. The van der Waals surface area contributed by atoms with E-state index in [2.05, 4.69) is 15.9 Å². The van der Waals surface area contributed by atoms with Gasteiger partial charge in [0.05, 0.1) is 0 Å². The number of ketones is 1. The van der Waals surface area contributed by atoms with E-state index in [1.54, 1.807) is 0 Å². The molecule has 1 unspecified atom stereocenters. The second-order valence-electron chi connectivity index (χ2n) is 2.54. The van der Waals surface area contributed by atoms with Gasteiger partial charge in [-0.25, -0.2) is 0 Å². The number of hydrogen-bond acceptors (Lipinski definition) is 1. The molecule has 1 atom stereocenters. The third-order valence-corrected chi connectivity index (χ3v) is 2.53. The van der Waals surface area contributed by atoms with Crippen LogP contribution in [0.4, 0.5) is 0 Å². The molecule has 3 heteroatoms. The Kier molecular flexibility index (Phi) is 3.17. The van der Waals surface area contributed by atoms with Crippen molar-refractivity contribution in [3.8, 4) is 0 Å². The Bertz CT molecular complexity index is 117. The first-order valence-electron chi connectivity index (χ1n) is 2.69. The number of rotatable bonds is 2. The molecule has 0 saturated carbocycles. The number of Topliss-reactive ketones (excluding diaryl/α,β-unsaturated/α-hetero) is 1. The molecule has 0 spiro atoms. The van der Waals surface area contributed by atoms with Crippen molar-refractivity contribution in [1.82, 2.24) is 0 Å². The van der Waals surface area contributed by atoms with Crippen LogP contribution < -0.4 is 0 Å². The van der Waals surface area contributed by atoms with Crippen LogP contribution in [0, 0.1) is 0 Å². The maximum atomic E-state index is 10.6. The molecular formula is C6H10BrClO. The first-order valence-corrected chi connectivity index (χ1v) is 3.92. The standard InChI is InChI=1S/C6H10BrClO/c1-4(9)5(8)6(2,3)7/h5H,1-3H3. The fourth-order valence-electron chi connectivity index (χ4n) is 0.483. The molecule has 0 aromatic heterocycles. The molecule has 0 bridgehead atoms. The molecule has 0 aliphatic carbocycles. The van der Waals surface area contributed by atoms with E-state index >= 15 is 0 Å². The Morgan fingerprint density at radius 2 is 2.00 bits per heavy atom. The molecule has 9 heavy (non-hydrogen) atoms. The molecule has 0 rings (SSSR count). The number of carbonyl (C=O) groups is 1. The van der Waals surface area contributed by atoms with E-state index in [4.69, 9.17) is 11.6 Å². The molecule has 0 heterocycles. The lowest BCUT2D eigenvalue weighted by Gasteiger charge is -2.19. The van der Waals surface area contributed by atoms with Crippen molar-refractivity contribution in [2.75, 3.05) is 0 Å². The van der Waals surface area contributed by atoms with Crippen molar-refractivity contribution in [3.63, 3.8) is 0 Å². The van der Waals surface area contributed by atoms with Gasteiger partial charge in [-0.2, -0.15) is 0 Å². The molecule has 54 valence electrons. The average Bonchev–Trinajstić information content (AvgIpc) is 1.62. The lowest BCUT2D eigenvalue weighted by molar-refractivity contribution is -0.117. The zero-order chi connectivity index (χ0) is 7.65. The van der Waals surface area contributed by atoms with Crippen molar-refractivity contribution < 1.29 is 4.79 Å². The maximum absolute atomic E-state index is 10.6. The molecule has 0 radical (unpaired) electrons. The van der Waals surface area contributed by atoms with Crippen LogP contribution in [-0.2, 0) is 4.79 Å². The Morgan fingerprint density at radius 3 is 2.00 bits per heavy atom. The summed E-state index contributed by atoms with van der Waals surface area (Å²) in [4.78, 5) is 10.6. The third kappa shape index (κ3) is 3.21. The van der Waals surface area contributed by atoms with Crippen LogP contribution >= 0.6 is 27.5 Å². The normalized spacial score (nSPS) is 15.2. The van der Waals surface area contributed by atoms with E-state index in [-0.39, 0.29) is 10.1 Å². The van der Waals surface area contributed by atoms with Gasteiger partial charge >= 0.3 is 0 Å². The first kappa shape index (κ1) is 9.44. The van der Waals surface area contributed by atoms with Crippen LogP contribution in [0.25, 0.3) is 0 Å². The number of hydrogen-bond donors (Lipinski definition) is 0. The minimum atomic E-state index is -0.433. The highest BCUT2D eigenvalue weighted by Gasteiger charge is 2.27. The molecule has 0 saturated heterocycles.